The van der Waals surface area contributed by atoms with Crippen molar-refractivity contribution in [1.29, 1.82) is 0 Å². The van der Waals surface area contributed by atoms with E-state index < -0.39 is 24.4 Å². The summed E-state index contributed by atoms with van der Waals surface area (Å²) in [5.41, 5.74) is 0. The Hall–Kier alpha value is -0.980. The van der Waals surface area contributed by atoms with Gasteiger partial charge < -0.3 is 15.3 Å². The summed E-state index contributed by atoms with van der Waals surface area (Å²) in [5.74, 6) is 0.266. The van der Waals surface area contributed by atoms with Crippen LogP contribution in [0, 0.1) is 0 Å². The minimum absolute atomic E-state index is 0.266. The first-order chi connectivity index (χ1) is 6.66. The van der Waals surface area contributed by atoms with Gasteiger partial charge in [-0.05, 0) is 0 Å². The van der Waals surface area contributed by atoms with E-state index in [0.717, 1.165) is 0 Å². The summed E-state index contributed by atoms with van der Waals surface area (Å²) >= 11 is 0. The monoisotopic (exact) mass is 203 g/mol. The maximum Gasteiger partial charge on any atom is 0.287 e. The highest BCUT2D eigenvalue weighted by Gasteiger charge is 2.46. The maximum absolute atomic E-state index is 13.3. The molecule has 4 atom stereocenters. The smallest absolute Gasteiger partial charge is 0.287 e. The molecule has 0 saturated carbocycles. The van der Waals surface area contributed by atoms with Crippen LogP contribution in [0.25, 0.3) is 0 Å². The van der Waals surface area contributed by atoms with Crippen molar-refractivity contribution in [3.63, 3.8) is 0 Å². The number of alkyl halides is 1. The largest absolute Gasteiger partial charge is 0.392 e. The lowest BCUT2D eigenvalue weighted by molar-refractivity contribution is -0.749. The van der Waals surface area contributed by atoms with Crippen molar-refractivity contribution in [1.82, 2.24) is 4.98 Å². The van der Waals surface area contributed by atoms with E-state index in [0.29, 0.717) is 0 Å². The van der Waals surface area contributed by atoms with Gasteiger partial charge in [0.05, 0.1) is 6.61 Å². The van der Waals surface area contributed by atoms with Crippen LogP contribution in [0.2, 0.25) is 0 Å². The van der Waals surface area contributed by atoms with Crippen LogP contribution in [0.15, 0.2) is 12.4 Å². The summed E-state index contributed by atoms with van der Waals surface area (Å²) in [6, 6.07) is -0.741. The van der Waals surface area contributed by atoms with Crippen molar-refractivity contribution in [2.24, 2.45) is 0 Å². The van der Waals surface area contributed by atoms with Crippen molar-refractivity contribution >= 4 is 0 Å². The van der Waals surface area contributed by atoms with Gasteiger partial charge in [-0.3, -0.25) is 0 Å². The summed E-state index contributed by atoms with van der Waals surface area (Å²) in [7, 11) is 0. The Morgan fingerprint density at radius 3 is 2.86 bits per heavy atom. The molecule has 1 aliphatic heterocycles. The Labute approximate surface area is 79.4 Å². The van der Waals surface area contributed by atoms with Gasteiger partial charge in [0.25, 0.3) is 5.82 Å². The quantitative estimate of drug-likeness (QED) is 0.423. The summed E-state index contributed by atoms with van der Waals surface area (Å²) in [5, 5.41) is 27.9. The van der Waals surface area contributed by atoms with Crippen molar-refractivity contribution in [2.45, 2.75) is 24.4 Å². The molecule has 1 aromatic rings. The van der Waals surface area contributed by atoms with Crippen molar-refractivity contribution in [2.75, 3.05) is 6.61 Å². The molecule has 1 aromatic heterocycles. The summed E-state index contributed by atoms with van der Waals surface area (Å²) < 4.78 is 14.8. The number of fused-ring (bicyclic) bond motifs is 1. The molecule has 14 heavy (non-hydrogen) atoms. The third-order valence-electron chi connectivity index (χ3n) is 2.59. The summed E-state index contributed by atoms with van der Waals surface area (Å²) in [4.78, 5) is 2.67. The van der Waals surface area contributed by atoms with Crippen LogP contribution >= 0.6 is 0 Å². The molecule has 0 radical (unpaired) electrons. The number of imidazole rings is 1. The molecule has 6 heteroatoms. The van der Waals surface area contributed by atoms with E-state index in [4.69, 9.17) is 5.11 Å². The second-order valence-electron chi connectivity index (χ2n) is 3.38. The Bertz CT molecular complexity index is 330. The number of halogens is 1. The van der Waals surface area contributed by atoms with Gasteiger partial charge in [-0.25, -0.2) is 13.9 Å². The number of nitrogens with zero attached hydrogens (tertiary/aromatic N) is 1. The van der Waals surface area contributed by atoms with E-state index in [1.165, 1.54) is 10.8 Å². The average Bonchev–Trinajstić information content (AvgIpc) is 2.64. The number of rotatable bonds is 1. The number of aromatic nitrogens is 2. The first-order valence-electron chi connectivity index (χ1n) is 4.36. The third kappa shape index (κ3) is 1.15. The molecule has 4 N–H and O–H groups in total. The van der Waals surface area contributed by atoms with Crippen LogP contribution in [0.3, 0.4) is 0 Å². The average molecular weight is 203 g/mol. The van der Waals surface area contributed by atoms with Crippen molar-refractivity contribution in [3.05, 3.63) is 18.2 Å². The van der Waals surface area contributed by atoms with E-state index in [-0.39, 0.29) is 12.4 Å². The van der Waals surface area contributed by atoms with Gasteiger partial charge in [-0.1, -0.05) is 0 Å². The van der Waals surface area contributed by atoms with Crippen molar-refractivity contribution in [3.8, 4) is 0 Å². The zero-order chi connectivity index (χ0) is 10.3. The highest BCUT2D eigenvalue weighted by molar-refractivity contribution is 4.96. The molecular formula is C8H12FN2O3+. The molecule has 1 aliphatic rings. The lowest BCUT2D eigenvalue weighted by atomic mass is 9.97. The SMILES string of the molecule is OC[C@@H]1[C@@H](O)[C@H](F)C(O)c2[nH]cc[n+]21. The number of nitrogens with one attached hydrogen (secondary N) is 1. The molecule has 1 unspecified atom stereocenters. The second-order valence-corrected chi connectivity index (χ2v) is 3.38. The van der Waals surface area contributed by atoms with Gasteiger partial charge in [0.15, 0.2) is 18.3 Å². The molecule has 0 bridgehead atoms. The van der Waals surface area contributed by atoms with Gasteiger partial charge in [-0.2, -0.15) is 0 Å². The van der Waals surface area contributed by atoms with Crippen LogP contribution in [-0.4, -0.2) is 39.2 Å². The molecular weight excluding hydrogens is 191 g/mol. The number of aromatic amines is 1. The Morgan fingerprint density at radius 1 is 1.50 bits per heavy atom. The van der Waals surface area contributed by atoms with Gasteiger partial charge in [0.2, 0.25) is 0 Å². The Balaban J connectivity index is 2.44. The zero-order valence-corrected chi connectivity index (χ0v) is 7.34. The highest BCUT2D eigenvalue weighted by Crippen LogP contribution is 2.27. The number of aliphatic hydroxyl groups excluding tert-OH is 3. The number of hydrogen-bond donors (Lipinski definition) is 4. The highest BCUT2D eigenvalue weighted by atomic mass is 19.1. The number of aliphatic hydroxyl groups is 3. The molecule has 0 aliphatic carbocycles. The van der Waals surface area contributed by atoms with Crippen molar-refractivity contribution < 1.29 is 24.3 Å². The fraction of sp³-hybridized carbons (Fsp3) is 0.625. The van der Waals surface area contributed by atoms with Crippen LogP contribution in [0.4, 0.5) is 4.39 Å². The van der Waals surface area contributed by atoms with Crippen LogP contribution in [-0.2, 0) is 0 Å². The Morgan fingerprint density at radius 2 is 2.21 bits per heavy atom. The van der Waals surface area contributed by atoms with E-state index in [1.54, 1.807) is 6.20 Å². The van der Waals surface area contributed by atoms with Crippen LogP contribution in [0.5, 0.6) is 0 Å². The third-order valence-corrected chi connectivity index (χ3v) is 2.59. The molecule has 0 fully saturated rings. The predicted molar refractivity (Wildman–Crippen MR) is 43.0 cm³/mol. The van der Waals surface area contributed by atoms with Gasteiger partial charge in [-0.15, -0.1) is 0 Å². The summed E-state index contributed by atoms with van der Waals surface area (Å²) in [6.45, 7) is -0.371. The lowest BCUT2D eigenvalue weighted by Crippen LogP contribution is -2.58. The molecule has 5 nitrogen and oxygen atoms in total. The topological polar surface area (TPSA) is 80.4 Å². The maximum atomic E-state index is 13.3. The molecule has 2 heterocycles. The normalized spacial score (nSPS) is 36.9. The molecule has 0 spiro atoms. The molecule has 0 amide bonds. The molecule has 78 valence electrons. The van der Waals surface area contributed by atoms with E-state index in [9.17, 15) is 14.6 Å². The second kappa shape index (κ2) is 3.30. The lowest BCUT2D eigenvalue weighted by Gasteiger charge is -2.29. The van der Waals surface area contributed by atoms with E-state index in [1.807, 2.05) is 0 Å². The van der Waals surface area contributed by atoms with Gasteiger partial charge >= 0.3 is 0 Å². The fourth-order valence-corrected chi connectivity index (χ4v) is 1.80. The minimum Gasteiger partial charge on any atom is -0.392 e. The van der Waals surface area contributed by atoms with Gasteiger partial charge in [0.1, 0.15) is 18.5 Å². The first kappa shape index (κ1) is 9.57. The first-order valence-corrected chi connectivity index (χ1v) is 4.36. The fourth-order valence-electron chi connectivity index (χ4n) is 1.80. The summed E-state index contributed by atoms with van der Waals surface area (Å²) in [6.07, 6.45) is -1.46. The van der Waals surface area contributed by atoms with Crippen LogP contribution in [0.1, 0.15) is 18.0 Å². The molecule has 0 saturated heterocycles. The zero-order valence-electron chi connectivity index (χ0n) is 7.34. The number of H-pyrrole nitrogens is 1. The standard InChI is InChI=1S/C8H11FN2O3/c9-5-6(13)4(3-12)11-2-1-10-8(11)7(5)14/h1-2,4-7,12-14H,3H2/p+1/t4-,5+,6-,7?/m1/s1. The van der Waals surface area contributed by atoms with Gasteiger partial charge in [0, 0.05) is 0 Å². The molecule has 0 aromatic carbocycles. The minimum atomic E-state index is -1.77. The van der Waals surface area contributed by atoms with E-state index in [2.05, 4.69) is 4.98 Å². The predicted octanol–water partition coefficient (Wildman–Crippen LogP) is -1.42. The van der Waals surface area contributed by atoms with Crippen LogP contribution < -0.4 is 4.57 Å². The molecule has 2 rings (SSSR count). The number of hydrogen-bond acceptors (Lipinski definition) is 3. The Kier molecular flexibility index (Phi) is 2.26. The van der Waals surface area contributed by atoms with E-state index >= 15 is 0 Å².